The molecule has 0 aliphatic carbocycles. The summed E-state index contributed by atoms with van der Waals surface area (Å²) in [6.07, 6.45) is 0. The van der Waals surface area contributed by atoms with Gasteiger partial charge in [-0.3, -0.25) is 0 Å². The normalized spacial score (nSPS) is 10.2. The summed E-state index contributed by atoms with van der Waals surface area (Å²) < 4.78 is 10.6. The molecule has 2 aromatic rings. The number of thiazole rings is 1. The predicted octanol–water partition coefficient (Wildman–Crippen LogP) is 2.89. The number of anilines is 1. The minimum Gasteiger partial charge on any atom is -0.497 e. The molecule has 1 aromatic heterocycles. The zero-order chi connectivity index (χ0) is 13.1. The lowest BCUT2D eigenvalue weighted by atomic mass is 10.1. The smallest absolute Gasteiger partial charge is 0.185 e. The topological polar surface area (TPSA) is 34.6 Å². The van der Waals surface area contributed by atoms with Gasteiger partial charge in [0.25, 0.3) is 0 Å². The summed E-state index contributed by atoms with van der Waals surface area (Å²) >= 11 is 1.61. The Kier molecular flexibility index (Phi) is 3.72. The van der Waals surface area contributed by atoms with Gasteiger partial charge in [0.1, 0.15) is 11.5 Å². The van der Waals surface area contributed by atoms with Crippen LogP contribution >= 0.6 is 11.3 Å². The lowest BCUT2D eigenvalue weighted by Gasteiger charge is -2.09. The Morgan fingerprint density at radius 1 is 1.17 bits per heavy atom. The maximum absolute atomic E-state index is 5.38. The molecule has 4 nitrogen and oxygen atoms in total. The van der Waals surface area contributed by atoms with E-state index in [1.54, 1.807) is 25.6 Å². The number of benzene rings is 1. The van der Waals surface area contributed by atoms with Gasteiger partial charge in [0.15, 0.2) is 5.13 Å². The van der Waals surface area contributed by atoms with Crippen LogP contribution in [0, 0.1) is 0 Å². The van der Waals surface area contributed by atoms with Crippen molar-refractivity contribution in [3.05, 3.63) is 23.6 Å². The van der Waals surface area contributed by atoms with Crippen LogP contribution < -0.4 is 14.4 Å². The quantitative estimate of drug-likeness (QED) is 0.850. The first-order valence-corrected chi connectivity index (χ1v) is 6.39. The van der Waals surface area contributed by atoms with Gasteiger partial charge in [-0.1, -0.05) is 0 Å². The van der Waals surface area contributed by atoms with Crippen LogP contribution in [0.15, 0.2) is 23.6 Å². The molecule has 0 bridgehead atoms. The zero-order valence-electron chi connectivity index (χ0n) is 10.9. The van der Waals surface area contributed by atoms with Gasteiger partial charge in [-0.25, -0.2) is 4.98 Å². The maximum Gasteiger partial charge on any atom is 0.185 e. The van der Waals surface area contributed by atoms with Gasteiger partial charge in [0.2, 0.25) is 0 Å². The van der Waals surface area contributed by atoms with Gasteiger partial charge in [0.05, 0.1) is 19.9 Å². The number of rotatable bonds is 4. The Morgan fingerprint density at radius 3 is 2.50 bits per heavy atom. The van der Waals surface area contributed by atoms with Crippen molar-refractivity contribution >= 4 is 16.5 Å². The molecule has 0 saturated carbocycles. The fraction of sp³-hybridized carbons (Fsp3) is 0.308. The van der Waals surface area contributed by atoms with E-state index in [9.17, 15) is 0 Å². The molecule has 18 heavy (non-hydrogen) atoms. The molecule has 0 unspecified atom stereocenters. The Hall–Kier alpha value is -1.75. The van der Waals surface area contributed by atoms with E-state index in [1.165, 1.54) is 0 Å². The van der Waals surface area contributed by atoms with Crippen molar-refractivity contribution < 1.29 is 9.47 Å². The molecule has 0 aliphatic heterocycles. The van der Waals surface area contributed by atoms with Crippen molar-refractivity contribution in [2.75, 3.05) is 33.2 Å². The molecule has 2 rings (SSSR count). The molecule has 0 N–H and O–H groups in total. The van der Waals surface area contributed by atoms with Crippen LogP contribution in [0.25, 0.3) is 11.3 Å². The van der Waals surface area contributed by atoms with E-state index >= 15 is 0 Å². The predicted molar refractivity (Wildman–Crippen MR) is 75.0 cm³/mol. The van der Waals surface area contributed by atoms with Gasteiger partial charge in [-0.2, -0.15) is 0 Å². The molecule has 0 atom stereocenters. The Labute approximate surface area is 111 Å². The molecule has 0 amide bonds. The second kappa shape index (κ2) is 5.27. The third-order valence-corrected chi connectivity index (χ3v) is 3.57. The van der Waals surface area contributed by atoms with Crippen molar-refractivity contribution in [1.82, 2.24) is 4.98 Å². The monoisotopic (exact) mass is 264 g/mol. The average Bonchev–Trinajstić information content (AvgIpc) is 2.87. The Bertz CT molecular complexity index is 538. The number of methoxy groups -OCH3 is 2. The summed E-state index contributed by atoms with van der Waals surface area (Å²) in [6, 6.07) is 5.74. The van der Waals surface area contributed by atoms with Crippen LogP contribution in [0.5, 0.6) is 11.5 Å². The third-order valence-electron chi connectivity index (χ3n) is 2.56. The highest BCUT2D eigenvalue weighted by molar-refractivity contribution is 7.14. The van der Waals surface area contributed by atoms with Crippen LogP contribution in [-0.4, -0.2) is 33.3 Å². The number of hydrogen-bond donors (Lipinski definition) is 0. The van der Waals surface area contributed by atoms with Gasteiger partial charge in [-0.05, 0) is 12.1 Å². The van der Waals surface area contributed by atoms with E-state index in [-0.39, 0.29) is 0 Å². The van der Waals surface area contributed by atoms with E-state index in [0.717, 1.165) is 27.9 Å². The molecule has 0 radical (unpaired) electrons. The second-order valence-corrected chi connectivity index (χ2v) is 4.81. The number of aromatic nitrogens is 1. The highest BCUT2D eigenvalue weighted by Crippen LogP contribution is 2.35. The average molecular weight is 264 g/mol. The summed E-state index contributed by atoms with van der Waals surface area (Å²) in [6.45, 7) is 0. The van der Waals surface area contributed by atoms with Crippen LogP contribution in [0.2, 0.25) is 0 Å². The fourth-order valence-corrected chi connectivity index (χ4v) is 2.36. The van der Waals surface area contributed by atoms with Crippen LogP contribution in [0.1, 0.15) is 0 Å². The maximum atomic E-state index is 5.38. The first-order chi connectivity index (χ1) is 8.65. The molecule has 0 saturated heterocycles. The van der Waals surface area contributed by atoms with Crippen LogP contribution in [0.4, 0.5) is 5.13 Å². The van der Waals surface area contributed by atoms with Crippen molar-refractivity contribution in [3.8, 4) is 22.8 Å². The molecule has 0 fully saturated rings. The van der Waals surface area contributed by atoms with E-state index < -0.39 is 0 Å². The molecule has 5 heteroatoms. The number of hydrogen-bond acceptors (Lipinski definition) is 5. The highest BCUT2D eigenvalue weighted by atomic mass is 32.1. The van der Waals surface area contributed by atoms with Gasteiger partial charge in [-0.15, -0.1) is 11.3 Å². The fourth-order valence-electron chi connectivity index (χ4n) is 1.60. The summed E-state index contributed by atoms with van der Waals surface area (Å²) in [5, 5.41) is 3.00. The standard InChI is InChI=1S/C13H16N2O2S/c1-15(2)13-14-11(8-18-13)10-6-5-9(16-3)7-12(10)17-4/h5-8H,1-4H3. The zero-order valence-corrected chi connectivity index (χ0v) is 11.7. The SMILES string of the molecule is COc1ccc(-c2csc(N(C)C)n2)c(OC)c1. The van der Waals surface area contributed by atoms with Gasteiger partial charge < -0.3 is 14.4 Å². The Balaban J connectivity index is 2.42. The second-order valence-electron chi connectivity index (χ2n) is 3.98. The summed E-state index contributed by atoms with van der Waals surface area (Å²) in [5.41, 5.74) is 1.89. The summed E-state index contributed by atoms with van der Waals surface area (Å²) in [7, 11) is 7.25. The van der Waals surface area contributed by atoms with E-state index in [0.29, 0.717) is 0 Å². The summed E-state index contributed by atoms with van der Waals surface area (Å²) in [5.74, 6) is 1.55. The molecular formula is C13H16N2O2S. The third kappa shape index (κ3) is 2.41. The van der Waals surface area contributed by atoms with Crippen LogP contribution in [0.3, 0.4) is 0 Å². The van der Waals surface area contributed by atoms with Crippen molar-refractivity contribution in [1.29, 1.82) is 0 Å². The lowest BCUT2D eigenvalue weighted by molar-refractivity contribution is 0.395. The molecular weight excluding hydrogens is 248 g/mol. The first-order valence-electron chi connectivity index (χ1n) is 5.51. The first kappa shape index (κ1) is 12.7. The van der Waals surface area contributed by atoms with Crippen molar-refractivity contribution in [2.45, 2.75) is 0 Å². The van der Waals surface area contributed by atoms with Gasteiger partial charge >= 0.3 is 0 Å². The number of nitrogens with zero attached hydrogens (tertiary/aromatic N) is 2. The number of ether oxygens (including phenoxy) is 2. The van der Waals surface area contributed by atoms with Crippen molar-refractivity contribution in [2.24, 2.45) is 0 Å². The molecule has 96 valence electrons. The van der Waals surface area contributed by atoms with E-state index in [2.05, 4.69) is 4.98 Å². The molecule has 1 heterocycles. The largest absolute Gasteiger partial charge is 0.497 e. The van der Waals surface area contributed by atoms with Crippen molar-refractivity contribution in [3.63, 3.8) is 0 Å². The van der Waals surface area contributed by atoms with Crippen LogP contribution in [-0.2, 0) is 0 Å². The highest BCUT2D eigenvalue weighted by Gasteiger charge is 2.11. The lowest BCUT2D eigenvalue weighted by Crippen LogP contribution is -2.07. The molecule has 1 aromatic carbocycles. The van der Waals surface area contributed by atoms with E-state index in [1.807, 2.05) is 42.6 Å². The Morgan fingerprint density at radius 2 is 1.94 bits per heavy atom. The van der Waals surface area contributed by atoms with Gasteiger partial charge in [0, 0.05) is 31.1 Å². The minimum absolute atomic E-state index is 0.768. The molecule has 0 spiro atoms. The van der Waals surface area contributed by atoms with E-state index in [4.69, 9.17) is 9.47 Å². The summed E-state index contributed by atoms with van der Waals surface area (Å²) in [4.78, 5) is 6.56. The minimum atomic E-state index is 0.768. The molecule has 0 aliphatic rings.